The van der Waals surface area contributed by atoms with E-state index in [4.69, 9.17) is 4.42 Å². The van der Waals surface area contributed by atoms with Gasteiger partial charge in [0.15, 0.2) is 5.58 Å². The van der Waals surface area contributed by atoms with E-state index in [-0.39, 0.29) is 5.91 Å². The van der Waals surface area contributed by atoms with Crippen molar-refractivity contribution in [3.8, 4) is 0 Å². The van der Waals surface area contributed by atoms with E-state index >= 15 is 0 Å². The summed E-state index contributed by atoms with van der Waals surface area (Å²) in [7, 11) is 0. The van der Waals surface area contributed by atoms with Crippen LogP contribution in [0, 0.1) is 0 Å². The van der Waals surface area contributed by atoms with Crippen LogP contribution in [0.15, 0.2) is 57.7 Å². The maximum atomic E-state index is 12.7. The van der Waals surface area contributed by atoms with Gasteiger partial charge < -0.3 is 9.73 Å². The molecule has 1 aromatic heterocycles. The Morgan fingerprint density at radius 3 is 2.63 bits per heavy atom. The third-order valence-electron chi connectivity index (χ3n) is 6.10. The van der Waals surface area contributed by atoms with Crippen molar-refractivity contribution in [2.45, 2.75) is 58.3 Å². The van der Waals surface area contributed by atoms with Crippen LogP contribution in [0.4, 0.5) is 0 Å². The summed E-state index contributed by atoms with van der Waals surface area (Å²) in [5, 5.41) is 2.94. The molecule has 6 nitrogen and oxygen atoms in total. The molecular weight excluding hydrogens is 378 g/mol. The van der Waals surface area contributed by atoms with Crippen LogP contribution < -0.4 is 11.1 Å². The number of fused-ring (bicyclic) bond motifs is 1. The Balaban J connectivity index is 1.36. The molecule has 0 saturated carbocycles. The second-order valence-electron chi connectivity index (χ2n) is 8.23. The Bertz CT molecular complexity index is 1070. The van der Waals surface area contributed by atoms with Gasteiger partial charge in [-0.25, -0.2) is 4.79 Å². The van der Waals surface area contributed by atoms with Gasteiger partial charge in [0.25, 0.3) is 0 Å². The van der Waals surface area contributed by atoms with Crippen LogP contribution in [0.5, 0.6) is 0 Å². The lowest BCUT2D eigenvalue weighted by Gasteiger charge is -2.33. The van der Waals surface area contributed by atoms with Gasteiger partial charge in [0, 0.05) is 19.1 Å². The largest absolute Gasteiger partial charge is 0.420 e. The quantitative estimate of drug-likeness (QED) is 0.674. The number of nitrogens with zero attached hydrogens (tertiary/aromatic N) is 2. The minimum Gasteiger partial charge on any atom is -0.408 e. The van der Waals surface area contributed by atoms with Crippen molar-refractivity contribution >= 4 is 17.0 Å². The summed E-state index contributed by atoms with van der Waals surface area (Å²) in [6.07, 6.45) is 3.88. The van der Waals surface area contributed by atoms with Gasteiger partial charge in [0.05, 0.1) is 5.52 Å². The predicted octanol–water partition coefficient (Wildman–Crippen LogP) is 3.85. The second-order valence-corrected chi connectivity index (χ2v) is 8.23. The number of para-hydroxylation sites is 2. The third-order valence-corrected chi connectivity index (χ3v) is 6.10. The molecule has 1 aliphatic rings. The summed E-state index contributed by atoms with van der Waals surface area (Å²) in [6.45, 7) is 6.58. The van der Waals surface area contributed by atoms with Crippen molar-refractivity contribution in [1.29, 1.82) is 0 Å². The minimum absolute atomic E-state index is 0.213. The number of aromatic nitrogens is 1. The fourth-order valence-electron chi connectivity index (χ4n) is 4.19. The highest BCUT2D eigenvalue weighted by Crippen LogP contribution is 2.20. The van der Waals surface area contributed by atoms with E-state index in [9.17, 15) is 9.59 Å². The normalized spacial score (nSPS) is 18.4. The lowest BCUT2D eigenvalue weighted by molar-refractivity contribution is -0.124. The van der Waals surface area contributed by atoms with E-state index in [1.54, 1.807) is 25.1 Å². The molecule has 2 heterocycles. The van der Waals surface area contributed by atoms with Crippen molar-refractivity contribution in [2.75, 3.05) is 6.54 Å². The smallest absolute Gasteiger partial charge is 0.408 e. The molecule has 1 aliphatic heterocycles. The number of hydrogen-bond donors (Lipinski definition) is 1. The number of rotatable bonds is 6. The minimum atomic E-state index is -0.652. The molecule has 0 aliphatic carbocycles. The average molecular weight is 408 g/mol. The number of oxazole rings is 1. The van der Waals surface area contributed by atoms with Gasteiger partial charge >= 0.3 is 5.76 Å². The molecule has 2 aromatic carbocycles. The molecule has 1 fully saturated rings. The van der Waals surface area contributed by atoms with Crippen LogP contribution in [0.25, 0.3) is 11.1 Å². The number of amides is 1. The maximum absolute atomic E-state index is 12.7. The molecule has 158 valence electrons. The van der Waals surface area contributed by atoms with Gasteiger partial charge in [0.1, 0.15) is 6.04 Å². The molecule has 0 spiro atoms. The van der Waals surface area contributed by atoms with Gasteiger partial charge in [-0.1, -0.05) is 42.8 Å². The number of carbonyl (C=O) groups is 1. The summed E-state index contributed by atoms with van der Waals surface area (Å²) in [5.41, 5.74) is 3.45. The topological polar surface area (TPSA) is 67.5 Å². The zero-order chi connectivity index (χ0) is 21.1. The Hall–Kier alpha value is -2.86. The molecular formula is C24H29N3O3. The molecule has 4 rings (SSSR count). The molecule has 6 heteroatoms. The first-order chi connectivity index (χ1) is 14.5. The number of benzene rings is 2. The fraction of sp³-hybridized carbons (Fsp3) is 0.417. The highest BCUT2D eigenvalue weighted by molar-refractivity contribution is 5.82. The number of likely N-dealkylation sites (tertiary alicyclic amines) is 1. The van der Waals surface area contributed by atoms with E-state index in [2.05, 4.69) is 41.4 Å². The van der Waals surface area contributed by atoms with Crippen LogP contribution in [0.2, 0.25) is 0 Å². The molecule has 3 aromatic rings. The first-order valence-electron chi connectivity index (χ1n) is 10.7. The summed E-state index contributed by atoms with van der Waals surface area (Å²) in [4.78, 5) is 27.4. The lowest BCUT2D eigenvalue weighted by atomic mass is 10.0. The molecule has 30 heavy (non-hydrogen) atoms. The SMILES string of the molecule is CC1CCCCN1Cc1ccc(CNC(=O)C(C)n2c(=O)oc3ccccc32)cc1. The van der Waals surface area contributed by atoms with Gasteiger partial charge in [-0.05, 0) is 56.5 Å². The lowest BCUT2D eigenvalue weighted by Crippen LogP contribution is -2.36. The monoisotopic (exact) mass is 407 g/mol. The van der Waals surface area contributed by atoms with E-state index in [1.807, 2.05) is 6.07 Å². The van der Waals surface area contributed by atoms with Gasteiger partial charge in [-0.2, -0.15) is 0 Å². The van der Waals surface area contributed by atoms with Crippen molar-refractivity contribution in [1.82, 2.24) is 14.8 Å². The number of piperidine rings is 1. The molecule has 0 radical (unpaired) electrons. The summed E-state index contributed by atoms with van der Waals surface area (Å²) in [6, 6.07) is 15.5. The number of hydrogen-bond acceptors (Lipinski definition) is 4. The molecule has 2 unspecified atom stereocenters. The Morgan fingerprint density at radius 1 is 1.13 bits per heavy atom. The molecule has 2 atom stereocenters. The van der Waals surface area contributed by atoms with Crippen molar-refractivity contribution < 1.29 is 9.21 Å². The van der Waals surface area contributed by atoms with Crippen LogP contribution in [-0.2, 0) is 17.9 Å². The molecule has 0 bridgehead atoms. The fourth-order valence-corrected chi connectivity index (χ4v) is 4.19. The van der Waals surface area contributed by atoms with Gasteiger partial charge in [-0.3, -0.25) is 14.3 Å². The van der Waals surface area contributed by atoms with Crippen molar-refractivity contribution in [3.63, 3.8) is 0 Å². The molecule has 1 N–H and O–H groups in total. The van der Waals surface area contributed by atoms with E-state index in [0.717, 1.165) is 12.1 Å². The second kappa shape index (κ2) is 8.88. The zero-order valence-electron chi connectivity index (χ0n) is 17.6. The highest BCUT2D eigenvalue weighted by Gasteiger charge is 2.21. The van der Waals surface area contributed by atoms with Gasteiger partial charge in [0.2, 0.25) is 5.91 Å². The highest BCUT2D eigenvalue weighted by atomic mass is 16.4. The standard InChI is InChI=1S/C24H29N3O3/c1-17-7-5-6-14-26(17)16-20-12-10-19(11-13-20)15-25-23(28)18(2)27-21-8-3-4-9-22(21)30-24(27)29/h3-4,8-13,17-18H,5-7,14-16H2,1-2H3,(H,25,28). The summed E-state index contributed by atoms with van der Waals surface area (Å²) in [5.74, 6) is -0.731. The van der Waals surface area contributed by atoms with Crippen LogP contribution in [0.1, 0.15) is 50.3 Å². The number of carbonyl (C=O) groups excluding carboxylic acids is 1. The van der Waals surface area contributed by atoms with Crippen LogP contribution in [-0.4, -0.2) is 28.0 Å². The zero-order valence-corrected chi connectivity index (χ0v) is 17.6. The van der Waals surface area contributed by atoms with Crippen LogP contribution in [0.3, 0.4) is 0 Å². The van der Waals surface area contributed by atoms with Crippen molar-refractivity contribution in [3.05, 3.63) is 70.2 Å². The third kappa shape index (κ3) is 4.33. The predicted molar refractivity (Wildman–Crippen MR) is 117 cm³/mol. The molecule has 1 amide bonds. The first kappa shape index (κ1) is 20.4. The maximum Gasteiger partial charge on any atom is 0.420 e. The van der Waals surface area contributed by atoms with E-state index in [0.29, 0.717) is 23.7 Å². The number of nitrogens with one attached hydrogen (secondary N) is 1. The Kier molecular flexibility index (Phi) is 6.04. The summed E-state index contributed by atoms with van der Waals surface area (Å²) < 4.78 is 6.64. The van der Waals surface area contributed by atoms with Crippen LogP contribution >= 0.6 is 0 Å². The first-order valence-corrected chi connectivity index (χ1v) is 10.7. The van der Waals surface area contributed by atoms with E-state index < -0.39 is 11.8 Å². The van der Waals surface area contributed by atoms with E-state index in [1.165, 1.54) is 35.9 Å². The van der Waals surface area contributed by atoms with Crippen molar-refractivity contribution in [2.24, 2.45) is 0 Å². The average Bonchev–Trinajstić information content (AvgIpc) is 3.09. The van der Waals surface area contributed by atoms with Gasteiger partial charge in [-0.15, -0.1) is 0 Å². The Morgan fingerprint density at radius 2 is 1.87 bits per heavy atom. The molecule has 1 saturated heterocycles. The summed E-state index contributed by atoms with van der Waals surface area (Å²) >= 11 is 0. The Labute approximate surface area is 176 Å².